The van der Waals surface area contributed by atoms with Crippen molar-refractivity contribution in [3.8, 4) is 5.69 Å². The third-order valence-electron chi connectivity index (χ3n) is 5.93. The summed E-state index contributed by atoms with van der Waals surface area (Å²) in [4.78, 5) is 16.0. The minimum absolute atomic E-state index is 0.0699. The van der Waals surface area contributed by atoms with Gasteiger partial charge in [0.05, 0.1) is 23.3 Å². The summed E-state index contributed by atoms with van der Waals surface area (Å²) in [5.41, 5.74) is 2.70. The van der Waals surface area contributed by atoms with Crippen LogP contribution in [0.3, 0.4) is 0 Å². The molecular formula is C23H25N5OS. The summed E-state index contributed by atoms with van der Waals surface area (Å²) >= 11 is 5.85. The fourth-order valence-electron chi connectivity index (χ4n) is 4.41. The molecule has 0 amide bonds. The van der Waals surface area contributed by atoms with E-state index in [1.807, 2.05) is 51.5 Å². The van der Waals surface area contributed by atoms with E-state index >= 15 is 0 Å². The predicted octanol–water partition coefficient (Wildman–Crippen LogP) is 4.35. The van der Waals surface area contributed by atoms with Crippen molar-refractivity contribution in [1.82, 2.24) is 23.6 Å². The molecule has 4 aromatic rings. The Morgan fingerprint density at radius 1 is 1.03 bits per heavy atom. The Bertz CT molecular complexity index is 1360. The number of rotatable bonds is 4. The Hall–Kier alpha value is -2.77. The van der Waals surface area contributed by atoms with Crippen LogP contribution in [0.25, 0.3) is 22.4 Å². The number of fused-ring (bicyclic) bond motifs is 3. The van der Waals surface area contributed by atoms with Crippen molar-refractivity contribution in [2.45, 2.75) is 39.3 Å². The molecule has 2 aromatic heterocycles. The molecule has 0 saturated carbocycles. The summed E-state index contributed by atoms with van der Waals surface area (Å²) in [5.74, 6) is 0.838. The van der Waals surface area contributed by atoms with Crippen molar-refractivity contribution >= 4 is 28.9 Å². The Kier molecular flexibility index (Phi) is 4.79. The van der Waals surface area contributed by atoms with Gasteiger partial charge in [0.25, 0.3) is 5.56 Å². The van der Waals surface area contributed by atoms with Crippen LogP contribution in [0.5, 0.6) is 0 Å². The van der Waals surface area contributed by atoms with Crippen LogP contribution < -0.4 is 5.56 Å². The van der Waals surface area contributed by atoms with Gasteiger partial charge in [-0.25, -0.2) is 9.25 Å². The fraction of sp³-hybridized carbons (Fsp3) is 0.348. The molecule has 0 atom stereocenters. The third-order valence-corrected chi connectivity index (χ3v) is 6.33. The third kappa shape index (κ3) is 3.00. The maximum Gasteiger partial charge on any atom is 0.267 e. The van der Waals surface area contributed by atoms with Crippen LogP contribution in [0.15, 0.2) is 53.3 Å². The Labute approximate surface area is 180 Å². The van der Waals surface area contributed by atoms with Crippen molar-refractivity contribution in [1.29, 1.82) is 0 Å². The Morgan fingerprint density at radius 2 is 1.73 bits per heavy atom. The molecule has 154 valence electrons. The SMILES string of the molecule is CC(C)c1ccccc1-n1c(=O)c2ccccc2n2c(=S)n(CN3CCCC3)nc12. The average molecular weight is 420 g/mol. The molecule has 7 heteroatoms. The molecule has 0 spiro atoms. The maximum atomic E-state index is 13.6. The quantitative estimate of drug-likeness (QED) is 0.462. The fourth-order valence-corrected chi connectivity index (χ4v) is 4.69. The zero-order chi connectivity index (χ0) is 20.8. The van der Waals surface area contributed by atoms with Gasteiger partial charge >= 0.3 is 0 Å². The molecule has 0 aliphatic carbocycles. The van der Waals surface area contributed by atoms with E-state index in [1.54, 1.807) is 4.57 Å². The monoisotopic (exact) mass is 419 g/mol. The first-order chi connectivity index (χ1) is 14.6. The summed E-state index contributed by atoms with van der Waals surface area (Å²) < 4.78 is 6.15. The van der Waals surface area contributed by atoms with Crippen molar-refractivity contribution in [2.75, 3.05) is 13.1 Å². The lowest BCUT2D eigenvalue weighted by molar-refractivity contribution is 0.254. The minimum Gasteiger partial charge on any atom is -0.284 e. The first-order valence-electron chi connectivity index (χ1n) is 10.5. The predicted molar refractivity (Wildman–Crippen MR) is 122 cm³/mol. The van der Waals surface area contributed by atoms with Gasteiger partial charge in [-0.1, -0.05) is 44.2 Å². The second-order valence-electron chi connectivity index (χ2n) is 8.26. The Morgan fingerprint density at radius 3 is 2.50 bits per heavy atom. The van der Waals surface area contributed by atoms with Crippen LogP contribution >= 0.6 is 12.2 Å². The zero-order valence-corrected chi connectivity index (χ0v) is 18.1. The van der Waals surface area contributed by atoms with E-state index in [9.17, 15) is 4.79 Å². The highest BCUT2D eigenvalue weighted by atomic mass is 32.1. The van der Waals surface area contributed by atoms with Crippen LogP contribution in [0.4, 0.5) is 0 Å². The Balaban J connectivity index is 1.87. The molecule has 5 rings (SSSR count). The smallest absolute Gasteiger partial charge is 0.267 e. The summed E-state index contributed by atoms with van der Waals surface area (Å²) in [7, 11) is 0. The van der Waals surface area contributed by atoms with E-state index < -0.39 is 0 Å². The lowest BCUT2D eigenvalue weighted by Crippen LogP contribution is -2.24. The lowest BCUT2D eigenvalue weighted by Gasteiger charge is -2.16. The van der Waals surface area contributed by atoms with Gasteiger partial charge in [-0.2, -0.15) is 0 Å². The molecule has 30 heavy (non-hydrogen) atoms. The molecule has 0 unspecified atom stereocenters. The van der Waals surface area contributed by atoms with Crippen molar-refractivity contribution in [3.63, 3.8) is 0 Å². The molecule has 6 nitrogen and oxygen atoms in total. The average Bonchev–Trinajstić information content (AvgIpc) is 3.37. The number of hydrogen-bond donors (Lipinski definition) is 0. The molecule has 1 aliphatic rings. The molecule has 2 aromatic carbocycles. The van der Waals surface area contributed by atoms with Crippen molar-refractivity contribution in [3.05, 3.63) is 69.2 Å². The molecule has 3 heterocycles. The second-order valence-corrected chi connectivity index (χ2v) is 8.62. The van der Waals surface area contributed by atoms with E-state index in [2.05, 4.69) is 24.8 Å². The molecule has 0 radical (unpaired) electrons. The van der Waals surface area contributed by atoms with Gasteiger partial charge in [0, 0.05) is 0 Å². The van der Waals surface area contributed by atoms with Gasteiger partial charge in [0.2, 0.25) is 10.5 Å². The van der Waals surface area contributed by atoms with E-state index in [4.69, 9.17) is 17.3 Å². The lowest BCUT2D eigenvalue weighted by atomic mass is 10.0. The van der Waals surface area contributed by atoms with E-state index in [1.165, 1.54) is 12.8 Å². The minimum atomic E-state index is -0.0699. The largest absolute Gasteiger partial charge is 0.284 e. The summed E-state index contributed by atoms with van der Waals surface area (Å²) in [6.45, 7) is 7.03. The van der Waals surface area contributed by atoms with Crippen LogP contribution in [-0.2, 0) is 6.67 Å². The van der Waals surface area contributed by atoms with E-state index in [0.717, 1.165) is 29.9 Å². The summed E-state index contributed by atoms with van der Waals surface area (Å²) in [6.07, 6.45) is 2.41. The number of hydrogen-bond acceptors (Lipinski definition) is 4. The molecule has 0 N–H and O–H groups in total. The zero-order valence-electron chi connectivity index (χ0n) is 17.3. The molecule has 0 bridgehead atoms. The molecule has 1 fully saturated rings. The number of benzene rings is 2. The highest BCUT2D eigenvalue weighted by molar-refractivity contribution is 7.71. The highest BCUT2D eigenvalue weighted by Crippen LogP contribution is 2.25. The molecule has 1 saturated heterocycles. The summed E-state index contributed by atoms with van der Waals surface area (Å²) in [5, 5.41) is 5.50. The van der Waals surface area contributed by atoms with Gasteiger partial charge in [0.15, 0.2) is 0 Å². The van der Waals surface area contributed by atoms with Crippen LogP contribution in [-0.4, -0.2) is 36.7 Å². The van der Waals surface area contributed by atoms with Gasteiger partial charge in [-0.05, 0) is 67.8 Å². The summed E-state index contributed by atoms with van der Waals surface area (Å²) in [6, 6.07) is 15.7. The highest BCUT2D eigenvalue weighted by Gasteiger charge is 2.20. The molecular weight excluding hydrogens is 394 g/mol. The number of para-hydroxylation sites is 2. The second kappa shape index (κ2) is 7.49. The van der Waals surface area contributed by atoms with Crippen molar-refractivity contribution in [2.24, 2.45) is 0 Å². The standard InChI is InChI=1S/C23H25N5OS/c1-16(2)17-9-3-5-11-19(17)27-21(29)18-10-4-6-12-20(18)28-22(27)24-26(23(28)30)15-25-13-7-8-14-25/h3-6,9-12,16H,7-8,13-15H2,1-2H3. The topological polar surface area (TPSA) is 47.5 Å². The molecule has 1 aliphatic heterocycles. The van der Waals surface area contributed by atoms with Gasteiger partial charge < -0.3 is 0 Å². The first-order valence-corrected chi connectivity index (χ1v) is 10.9. The van der Waals surface area contributed by atoms with Crippen LogP contribution in [0.2, 0.25) is 0 Å². The van der Waals surface area contributed by atoms with E-state index in [-0.39, 0.29) is 11.5 Å². The van der Waals surface area contributed by atoms with Crippen molar-refractivity contribution < 1.29 is 0 Å². The first kappa shape index (κ1) is 19.2. The van der Waals surface area contributed by atoms with Gasteiger partial charge in [-0.3, -0.25) is 14.1 Å². The number of nitrogens with zero attached hydrogens (tertiary/aromatic N) is 5. The van der Waals surface area contributed by atoms with Gasteiger partial charge in [-0.15, -0.1) is 5.10 Å². The van der Waals surface area contributed by atoms with Gasteiger partial charge in [0.1, 0.15) is 0 Å². The van der Waals surface area contributed by atoms with Crippen LogP contribution in [0.1, 0.15) is 38.2 Å². The number of likely N-dealkylation sites (tertiary alicyclic amines) is 1. The van der Waals surface area contributed by atoms with Crippen LogP contribution in [0, 0.1) is 4.77 Å². The normalized spacial score (nSPS) is 15.0. The number of aromatic nitrogens is 4. The maximum absolute atomic E-state index is 13.6. The van der Waals surface area contributed by atoms with E-state index in [0.29, 0.717) is 22.6 Å².